The van der Waals surface area contributed by atoms with Gasteiger partial charge in [-0.1, -0.05) is 0 Å². The van der Waals surface area contributed by atoms with Crippen LogP contribution < -0.4 is 5.32 Å². The first-order valence-corrected chi connectivity index (χ1v) is 6.31. The molecule has 1 atom stereocenters. The monoisotopic (exact) mass is 229 g/mol. The van der Waals surface area contributed by atoms with Gasteiger partial charge in [-0.2, -0.15) is 0 Å². The lowest BCUT2D eigenvalue weighted by Gasteiger charge is -2.26. The number of hydrogen-bond donors (Lipinski definition) is 1. The molecular formula is C12H27N3O. The maximum atomic E-state index is 5.17. The number of ether oxygens (including phenoxy) is 1. The van der Waals surface area contributed by atoms with Crippen LogP contribution in [0, 0.1) is 0 Å². The van der Waals surface area contributed by atoms with Gasteiger partial charge in [-0.25, -0.2) is 0 Å². The third-order valence-electron chi connectivity index (χ3n) is 3.12. The van der Waals surface area contributed by atoms with Crippen molar-refractivity contribution in [2.45, 2.75) is 18.9 Å². The molecule has 0 aromatic rings. The minimum Gasteiger partial charge on any atom is -0.383 e. The highest BCUT2D eigenvalue weighted by Gasteiger charge is 2.17. The van der Waals surface area contributed by atoms with E-state index in [2.05, 4.69) is 29.2 Å². The first-order chi connectivity index (χ1) is 7.72. The van der Waals surface area contributed by atoms with Gasteiger partial charge < -0.3 is 15.0 Å². The Bertz CT molecular complexity index is 170. The predicted molar refractivity (Wildman–Crippen MR) is 67.9 cm³/mol. The zero-order valence-corrected chi connectivity index (χ0v) is 11.0. The second kappa shape index (κ2) is 8.01. The summed E-state index contributed by atoms with van der Waals surface area (Å²) in [6.45, 7) is 6.49. The fourth-order valence-electron chi connectivity index (χ4n) is 2.08. The van der Waals surface area contributed by atoms with E-state index in [0.29, 0.717) is 6.04 Å². The smallest absolute Gasteiger partial charge is 0.0589 e. The number of rotatable bonds is 8. The summed E-state index contributed by atoms with van der Waals surface area (Å²) in [7, 11) is 6.03. The summed E-state index contributed by atoms with van der Waals surface area (Å²) < 4.78 is 5.17. The standard InChI is InChI=1S/C12H27N3O/c1-14(2)7-8-15(9-10-16-3)11-12-5-4-6-13-12/h12-13H,4-11H2,1-3H3. The van der Waals surface area contributed by atoms with Gasteiger partial charge in [0.25, 0.3) is 0 Å². The summed E-state index contributed by atoms with van der Waals surface area (Å²) in [6.07, 6.45) is 2.65. The molecule has 1 aliphatic rings. The third kappa shape index (κ3) is 5.80. The van der Waals surface area contributed by atoms with E-state index < -0.39 is 0 Å². The van der Waals surface area contributed by atoms with E-state index in [1.165, 1.54) is 19.4 Å². The molecule has 16 heavy (non-hydrogen) atoms. The molecule has 1 N–H and O–H groups in total. The first-order valence-electron chi connectivity index (χ1n) is 6.31. The molecule has 0 amide bonds. The lowest BCUT2D eigenvalue weighted by atomic mass is 10.2. The molecule has 4 heteroatoms. The second-order valence-electron chi connectivity index (χ2n) is 4.89. The molecule has 96 valence electrons. The minimum atomic E-state index is 0.694. The zero-order chi connectivity index (χ0) is 11.8. The molecule has 1 aliphatic heterocycles. The number of methoxy groups -OCH3 is 1. The lowest BCUT2D eigenvalue weighted by Crippen LogP contribution is -2.42. The van der Waals surface area contributed by atoms with Gasteiger partial charge in [-0.15, -0.1) is 0 Å². The molecule has 4 nitrogen and oxygen atoms in total. The van der Waals surface area contributed by atoms with Gasteiger partial charge in [0.15, 0.2) is 0 Å². The number of likely N-dealkylation sites (N-methyl/N-ethyl adjacent to an activating group) is 1. The summed E-state index contributed by atoms with van der Waals surface area (Å²) in [5.74, 6) is 0. The van der Waals surface area contributed by atoms with Crippen LogP contribution in [0.1, 0.15) is 12.8 Å². The molecule has 1 unspecified atom stereocenters. The molecule has 0 aliphatic carbocycles. The van der Waals surface area contributed by atoms with E-state index in [0.717, 1.165) is 32.8 Å². The topological polar surface area (TPSA) is 27.7 Å². The molecule has 0 bridgehead atoms. The Kier molecular flexibility index (Phi) is 6.96. The normalized spacial score (nSPS) is 21.2. The molecule has 1 rings (SSSR count). The molecule has 0 radical (unpaired) electrons. The van der Waals surface area contributed by atoms with Gasteiger partial charge in [-0.3, -0.25) is 4.90 Å². The Hall–Kier alpha value is -0.160. The SMILES string of the molecule is COCCN(CCN(C)C)CC1CCCN1. The quantitative estimate of drug-likeness (QED) is 0.646. The van der Waals surface area contributed by atoms with Crippen LogP contribution in [0.25, 0.3) is 0 Å². The van der Waals surface area contributed by atoms with E-state index in [4.69, 9.17) is 4.74 Å². The van der Waals surface area contributed by atoms with E-state index in [9.17, 15) is 0 Å². The Morgan fingerprint density at radius 1 is 1.25 bits per heavy atom. The van der Waals surface area contributed by atoms with Gasteiger partial charge in [0.1, 0.15) is 0 Å². The van der Waals surface area contributed by atoms with Gasteiger partial charge in [-0.05, 0) is 33.5 Å². The summed E-state index contributed by atoms with van der Waals surface area (Å²) in [5.41, 5.74) is 0. The number of hydrogen-bond acceptors (Lipinski definition) is 4. The van der Waals surface area contributed by atoms with Crippen molar-refractivity contribution in [2.75, 3.05) is 60.5 Å². The zero-order valence-electron chi connectivity index (χ0n) is 11.0. The highest BCUT2D eigenvalue weighted by molar-refractivity contribution is 4.78. The van der Waals surface area contributed by atoms with Crippen LogP contribution in [-0.4, -0.2) is 76.4 Å². The summed E-state index contributed by atoms with van der Waals surface area (Å²) in [4.78, 5) is 4.74. The van der Waals surface area contributed by atoms with E-state index in [1.807, 2.05) is 0 Å². The van der Waals surface area contributed by atoms with Crippen molar-refractivity contribution in [3.05, 3.63) is 0 Å². The van der Waals surface area contributed by atoms with Crippen molar-refractivity contribution < 1.29 is 4.74 Å². The van der Waals surface area contributed by atoms with Gasteiger partial charge in [0.05, 0.1) is 6.61 Å². The van der Waals surface area contributed by atoms with Gasteiger partial charge in [0.2, 0.25) is 0 Å². The van der Waals surface area contributed by atoms with E-state index in [1.54, 1.807) is 7.11 Å². The summed E-state index contributed by atoms with van der Waals surface area (Å²) in [5, 5.41) is 3.56. The van der Waals surface area contributed by atoms with Crippen molar-refractivity contribution in [1.29, 1.82) is 0 Å². The average molecular weight is 229 g/mol. The largest absolute Gasteiger partial charge is 0.383 e. The van der Waals surface area contributed by atoms with E-state index in [-0.39, 0.29) is 0 Å². The van der Waals surface area contributed by atoms with Gasteiger partial charge in [0, 0.05) is 39.3 Å². The van der Waals surface area contributed by atoms with E-state index >= 15 is 0 Å². The number of nitrogens with zero attached hydrogens (tertiary/aromatic N) is 2. The van der Waals surface area contributed by atoms with Crippen LogP contribution in [0.2, 0.25) is 0 Å². The predicted octanol–water partition coefficient (Wildman–Crippen LogP) is 0.248. The molecule has 1 saturated heterocycles. The minimum absolute atomic E-state index is 0.694. The van der Waals surface area contributed by atoms with Crippen molar-refractivity contribution in [2.24, 2.45) is 0 Å². The molecule has 0 aromatic heterocycles. The Morgan fingerprint density at radius 2 is 2.06 bits per heavy atom. The Morgan fingerprint density at radius 3 is 2.62 bits per heavy atom. The highest BCUT2D eigenvalue weighted by atomic mass is 16.5. The first kappa shape index (κ1) is 13.9. The fraction of sp³-hybridized carbons (Fsp3) is 1.00. The summed E-state index contributed by atoms with van der Waals surface area (Å²) in [6, 6.07) is 0.694. The van der Waals surface area contributed by atoms with Crippen molar-refractivity contribution in [3.8, 4) is 0 Å². The van der Waals surface area contributed by atoms with Crippen LogP contribution >= 0.6 is 0 Å². The molecule has 0 saturated carbocycles. The molecular weight excluding hydrogens is 202 g/mol. The molecule has 1 heterocycles. The van der Waals surface area contributed by atoms with Crippen LogP contribution in [0.5, 0.6) is 0 Å². The highest BCUT2D eigenvalue weighted by Crippen LogP contribution is 2.06. The maximum absolute atomic E-state index is 5.17. The summed E-state index contributed by atoms with van der Waals surface area (Å²) >= 11 is 0. The Labute approximate surface area is 99.9 Å². The van der Waals surface area contributed by atoms with Crippen LogP contribution in [0.4, 0.5) is 0 Å². The van der Waals surface area contributed by atoms with Crippen molar-refractivity contribution in [3.63, 3.8) is 0 Å². The van der Waals surface area contributed by atoms with Crippen molar-refractivity contribution >= 4 is 0 Å². The fourth-order valence-corrected chi connectivity index (χ4v) is 2.08. The molecule has 1 fully saturated rings. The van der Waals surface area contributed by atoms with Crippen LogP contribution in [-0.2, 0) is 4.74 Å². The van der Waals surface area contributed by atoms with Crippen LogP contribution in [0.3, 0.4) is 0 Å². The number of nitrogens with one attached hydrogen (secondary N) is 1. The van der Waals surface area contributed by atoms with Gasteiger partial charge >= 0.3 is 0 Å². The van der Waals surface area contributed by atoms with Crippen molar-refractivity contribution in [1.82, 2.24) is 15.1 Å². The lowest BCUT2D eigenvalue weighted by molar-refractivity contribution is 0.136. The second-order valence-corrected chi connectivity index (χ2v) is 4.89. The third-order valence-corrected chi connectivity index (χ3v) is 3.12. The average Bonchev–Trinajstić information content (AvgIpc) is 2.74. The van der Waals surface area contributed by atoms with Crippen LogP contribution in [0.15, 0.2) is 0 Å². The maximum Gasteiger partial charge on any atom is 0.0589 e. The Balaban J connectivity index is 2.24. The molecule has 0 aromatic carbocycles. The molecule has 0 spiro atoms.